The van der Waals surface area contributed by atoms with E-state index in [0.29, 0.717) is 5.92 Å². The molecule has 0 aliphatic heterocycles. The number of hydrogen-bond donors (Lipinski definition) is 1. The average Bonchev–Trinajstić information content (AvgIpc) is 2.81. The summed E-state index contributed by atoms with van der Waals surface area (Å²) in [5.41, 5.74) is 6.10. The van der Waals surface area contributed by atoms with Gasteiger partial charge in [-0.3, -0.25) is 0 Å². The average molecular weight is 247 g/mol. The van der Waals surface area contributed by atoms with Crippen molar-refractivity contribution in [2.24, 2.45) is 29.4 Å². The maximum Gasteiger partial charge on any atom is 0.226 e. The van der Waals surface area contributed by atoms with Crippen LogP contribution in [0.15, 0.2) is 4.52 Å². The van der Waals surface area contributed by atoms with E-state index in [1.54, 1.807) is 0 Å². The summed E-state index contributed by atoms with van der Waals surface area (Å²) in [4.78, 5) is 4.52. The van der Waals surface area contributed by atoms with Crippen LogP contribution in [0.1, 0.15) is 56.3 Å². The van der Waals surface area contributed by atoms with Crippen LogP contribution in [0, 0.1) is 23.7 Å². The van der Waals surface area contributed by atoms with E-state index in [4.69, 9.17) is 10.3 Å². The second-order valence-electron chi connectivity index (χ2n) is 6.55. The number of rotatable bonds is 4. The van der Waals surface area contributed by atoms with Crippen molar-refractivity contribution in [1.82, 2.24) is 10.1 Å². The monoisotopic (exact) mass is 247 g/mol. The van der Waals surface area contributed by atoms with Crippen LogP contribution >= 0.6 is 0 Å². The normalized spacial score (nSPS) is 36.2. The lowest BCUT2D eigenvalue weighted by atomic mass is 9.86. The van der Waals surface area contributed by atoms with Gasteiger partial charge >= 0.3 is 0 Å². The largest absolute Gasteiger partial charge is 0.339 e. The van der Waals surface area contributed by atoms with Crippen molar-refractivity contribution in [1.29, 1.82) is 0 Å². The quantitative estimate of drug-likeness (QED) is 0.887. The van der Waals surface area contributed by atoms with E-state index in [0.717, 1.165) is 35.9 Å². The van der Waals surface area contributed by atoms with Gasteiger partial charge in [-0.05, 0) is 55.8 Å². The highest BCUT2D eigenvalue weighted by Crippen LogP contribution is 2.49. The number of hydrogen-bond acceptors (Lipinski definition) is 4. The molecule has 4 rings (SSSR count). The van der Waals surface area contributed by atoms with Crippen molar-refractivity contribution in [3.8, 4) is 0 Å². The van der Waals surface area contributed by atoms with Gasteiger partial charge in [0.15, 0.2) is 5.82 Å². The van der Waals surface area contributed by atoms with E-state index in [1.165, 1.54) is 38.5 Å². The highest BCUT2D eigenvalue weighted by molar-refractivity contribution is 5.01. The van der Waals surface area contributed by atoms with Crippen LogP contribution < -0.4 is 5.73 Å². The summed E-state index contributed by atoms with van der Waals surface area (Å²) >= 11 is 0. The maximum atomic E-state index is 6.10. The van der Waals surface area contributed by atoms with Gasteiger partial charge in [-0.15, -0.1) is 0 Å². The smallest absolute Gasteiger partial charge is 0.226 e. The van der Waals surface area contributed by atoms with Crippen LogP contribution in [0.5, 0.6) is 0 Å². The van der Waals surface area contributed by atoms with Crippen LogP contribution in [0.3, 0.4) is 0 Å². The van der Waals surface area contributed by atoms with E-state index in [2.05, 4.69) is 10.1 Å². The predicted octanol–water partition coefficient (Wildman–Crippen LogP) is 2.46. The maximum absolute atomic E-state index is 6.10. The van der Waals surface area contributed by atoms with E-state index < -0.39 is 0 Å². The Morgan fingerprint density at radius 1 is 1.22 bits per heavy atom. The van der Waals surface area contributed by atoms with Gasteiger partial charge in [0.1, 0.15) is 0 Å². The molecule has 3 aliphatic carbocycles. The molecule has 4 unspecified atom stereocenters. The van der Waals surface area contributed by atoms with Gasteiger partial charge in [0.2, 0.25) is 5.89 Å². The zero-order valence-electron chi connectivity index (χ0n) is 10.7. The first-order valence-electron chi connectivity index (χ1n) is 7.37. The molecule has 4 nitrogen and oxygen atoms in total. The minimum Gasteiger partial charge on any atom is -0.339 e. The third-order valence-corrected chi connectivity index (χ3v) is 5.23. The topological polar surface area (TPSA) is 64.9 Å². The van der Waals surface area contributed by atoms with Crippen LogP contribution in [0.25, 0.3) is 0 Å². The number of nitrogens with zero attached hydrogens (tertiary/aromatic N) is 2. The Bertz CT molecular complexity index is 440. The highest BCUT2D eigenvalue weighted by atomic mass is 16.5. The fourth-order valence-corrected chi connectivity index (χ4v) is 4.00. The fourth-order valence-electron chi connectivity index (χ4n) is 4.00. The minimum absolute atomic E-state index is 0.00234. The molecule has 1 aromatic rings. The summed E-state index contributed by atoms with van der Waals surface area (Å²) in [7, 11) is 0. The molecule has 2 N–H and O–H groups in total. The molecule has 1 aromatic heterocycles. The highest BCUT2D eigenvalue weighted by Gasteiger charge is 2.40. The molecule has 0 amide bonds. The molecule has 0 saturated heterocycles. The van der Waals surface area contributed by atoms with Crippen LogP contribution in [-0.2, 0) is 6.42 Å². The van der Waals surface area contributed by atoms with Gasteiger partial charge in [0, 0.05) is 6.42 Å². The Morgan fingerprint density at radius 3 is 2.78 bits per heavy atom. The summed E-state index contributed by atoms with van der Waals surface area (Å²) < 4.78 is 5.39. The lowest BCUT2D eigenvalue weighted by Gasteiger charge is -2.19. The van der Waals surface area contributed by atoms with Crippen molar-refractivity contribution >= 4 is 0 Å². The second kappa shape index (κ2) is 4.05. The Morgan fingerprint density at radius 2 is 2.11 bits per heavy atom. The van der Waals surface area contributed by atoms with Crippen molar-refractivity contribution in [2.45, 2.75) is 51.0 Å². The SMILES string of the molecule is NC(c1noc(CC2CC3CCC2C3)n1)C1CC1. The van der Waals surface area contributed by atoms with Gasteiger partial charge < -0.3 is 10.3 Å². The summed E-state index contributed by atoms with van der Waals surface area (Å²) in [5, 5.41) is 4.07. The molecule has 0 spiro atoms. The Labute approximate surface area is 107 Å². The first-order valence-corrected chi connectivity index (χ1v) is 7.37. The van der Waals surface area contributed by atoms with Crippen LogP contribution in [-0.4, -0.2) is 10.1 Å². The summed E-state index contributed by atoms with van der Waals surface area (Å²) in [5.74, 6) is 4.83. The summed E-state index contributed by atoms with van der Waals surface area (Å²) in [6.07, 6.45) is 9.09. The van der Waals surface area contributed by atoms with Crippen molar-refractivity contribution in [3.63, 3.8) is 0 Å². The Hall–Kier alpha value is -0.900. The third-order valence-electron chi connectivity index (χ3n) is 5.23. The first kappa shape index (κ1) is 11.0. The van der Waals surface area contributed by atoms with Crippen LogP contribution in [0.4, 0.5) is 0 Å². The predicted molar refractivity (Wildman–Crippen MR) is 66.6 cm³/mol. The van der Waals surface area contributed by atoms with Gasteiger partial charge in [-0.25, -0.2) is 0 Å². The molecule has 1 heterocycles. The lowest BCUT2D eigenvalue weighted by molar-refractivity contribution is 0.287. The lowest BCUT2D eigenvalue weighted by Crippen LogP contribution is -2.15. The molecule has 3 saturated carbocycles. The Kier molecular flexibility index (Phi) is 2.47. The molecular formula is C14H21N3O. The molecular weight excluding hydrogens is 226 g/mol. The van der Waals surface area contributed by atoms with Crippen molar-refractivity contribution in [3.05, 3.63) is 11.7 Å². The fraction of sp³-hybridized carbons (Fsp3) is 0.857. The standard InChI is InChI=1S/C14H21N3O/c15-13(9-3-4-9)14-16-12(18-17-14)7-11-6-8-1-2-10(11)5-8/h8-11,13H,1-7,15H2. The van der Waals surface area contributed by atoms with E-state index in [9.17, 15) is 0 Å². The molecule has 4 heteroatoms. The number of aromatic nitrogens is 2. The molecule has 2 bridgehead atoms. The van der Waals surface area contributed by atoms with Gasteiger partial charge in [-0.2, -0.15) is 4.98 Å². The van der Waals surface area contributed by atoms with E-state index in [1.807, 2.05) is 0 Å². The molecule has 18 heavy (non-hydrogen) atoms. The van der Waals surface area contributed by atoms with Crippen LogP contribution in [0.2, 0.25) is 0 Å². The molecule has 0 aromatic carbocycles. The minimum atomic E-state index is 0.00234. The molecule has 0 radical (unpaired) electrons. The van der Waals surface area contributed by atoms with Gasteiger partial charge in [0.05, 0.1) is 6.04 Å². The van der Waals surface area contributed by atoms with E-state index in [-0.39, 0.29) is 6.04 Å². The molecule has 4 atom stereocenters. The van der Waals surface area contributed by atoms with Gasteiger partial charge in [0.25, 0.3) is 0 Å². The molecule has 3 fully saturated rings. The number of fused-ring (bicyclic) bond motifs is 2. The molecule has 98 valence electrons. The van der Waals surface area contributed by atoms with Gasteiger partial charge in [-0.1, -0.05) is 11.6 Å². The summed E-state index contributed by atoms with van der Waals surface area (Å²) in [6, 6.07) is 0.00234. The zero-order chi connectivity index (χ0) is 12.1. The van der Waals surface area contributed by atoms with E-state index >= 15 is 0 Å². The second-order valence-corrected chi connectivity index (χ2v) is 6.55. The third kappa shape index (κ3) is 1.87. The zero-order valence-corrected chi connectivity index (χ0v) is 10.7. The first-order chi connectivity index (χ1) is 8.79. The van der Waals surface area contributed by atoms with Crippen molar-refractivity contribution < 1.29 is 4.52 Å². The van der Waals surface area contributed by atoms with Crippen molar-refractivity contribution in [2.75, 3.05) is 0 Å². The Balaban J connectivity index is 1.42. The summed E-state index contributed by atoms with van der Waals surface area (Å²) in [6.45, 7) is 0. The molecule has 3 aliphatic rings. The number of nitrogens with two attached hydrogens (primary N) is 1.